The Balaban J connectivity index is 1.84. The molecule has 0 radical (unpaired) electrons. The van der Waals surface area contributed by atoms with Gasteiger partial charge in [0.05, 0.1) is 5.92 Å². The highest BCUT2D eigenvalue weighted by Crippen LogP contribution is 2.23. The van der Waals surface area contributed by atoms with E-state index < -0.39 is 17.9 Å². The summed E-state index contributed by atoms with van der Waals surface area (Å²) in [5.41, 5.74) is 3.21. The highest BCUT2D eigenvalue weighted by molar-refractivity contribution is 5.98. The van der Waals surface area contributed by atoms with Gasteiger partial charge in [0, 0.05) is 24.4 Å². The van der Waals surface area contributed by atoms with E-state index in [4.69, 9.17) is 5.11 Å². The van der Waals surface area contributed by atoms with Crippen LogP contribution in [0.15, 0.2) is 18.2 Å². The lowest BCUT2D eigenvalue weighted by atomic mass is 10.0. The minimum atomic E-state index is -0.952. The van der Waals surface area contributed by atoms with Crippen molar-refractivity contribution in [3.05, 3.63) is 34.9 Å². The number of aryl methyl sites for hydroxylation is 2. The second-order valence-corrected chi connectivity index (χ2v) is 6.24. The molecule has 5 heteroatoms. The Morgan fingerprint density at radius 2 is 1.83 bits per heavy atom. The van der Waals surface area contributed by atoms with Crippen molar-refractivity contribution in [2.75, 3.05) is 0 Å². The van der Waals surface area contributed by atoms with Crippen LogP contribution < -0.4 is 5.32 Å². The summed E-state index contributed by atoms with van der Waals surface area (Å²) in [7, 11) is 0. The molecule has 0 aromatic heterocycles. The molecule has 2 N–H and O–H groups in total. The van der Waals surface area contributed by atoms with Crippen molar-refractivity contribution in [3.63, 3.8) is 0 Å². The van der Waals surface area contributed by atoms with E-state index in [0.717, 1.165) is 19.3 Å². The zero-order valence-electron chi connectivity index (χ0n) is 13.6. The normalized spacial score (nSPS) is 15.6. The molecule has 2 unspecified atom stereocenters. The summed E-state index contributed by atoms with van der Waals surface area (Å²) >= 11 is 0. The predicted octanol–water partition coefficient (Wildman–Crippen LogP) is 2.36. The zero-order chi connectivity index (χ0) is 17.0. The van der Waals surface area contributed by atoms with E-state index in [0.29, 0.717) is 5.56 Å². The van der Waals surface area contributed by atoms with Crippen LogP contribution >= 0.6 is 0 Å². The lowest BCUT2D eigenvalue weighted by molar-refractivity contribution is -0.142. The molecular weight excluding hydrogens is 294 g/mol. The van der Waals surface area contributed by atoms with Crippen molar-refractivity contribution >= 4 is 17.7 Å². The van der Waals surface area contributed by atoms with Gasteiger partial charge in [-0.25, -0.2) is 0 Å². The van der Waals surface area contributed by atoms with E-state index in [-0.39, 0.29) is 24.5 Å². The Hall–Kier alpha value is -2.17. The van der Waals surface area contributed by atoms with Crippen molar-refractivity contribution in [1.29, 1.82) is 0 Å². The van der Waals surface area contributed by atoms with Crippen LogP contribution in [0.2, 0.25) is 0 Å². The maximum atomic E-state index is 12.2. The lowest BCUT2D eigenvalue weighted by Crippen LogP contribution is -2.40. The molecule has 0 spiro atoms. The van der Waals surface area contributed by atoms with Crippen molar-refractivity contribution in [1.82, 2.24) is 5.32 Å². The van der Waals surface area contributed by atoms with Gasteiger partial charge in [-0.05, 0) is 50.3 Å². The Morgan fingerprint density at radius 1 is 1.13 bits per heavy atom. The van der Waals surface area contributed by atoms with Gasteiger partial charge in [-0.15, -0.1) is 0 Å². The van der Waals surface area contributed by atoms with Crippen LogP contribution in [0.25, 0.3) is 0 Å². The minimum Gasteiger partial charge on any atom is -0.481 e. The summed E-state index contributed by atoms with van der Waals surface area (Å²) in [5, 5.41) is 11.5. The second kappa shape index (κ2) is 7.40. The molecular formula is C18H23NO4. The molecule has 0 saturated heterocycles. The molecule has 0 bridgehead atoms. The number of carbonyl (C=O) groups excluding carboxylic acids is 2. The highest BCUT2D eigenvalue weighted by atomic mass is 16.4. The van der Waals surface area contributed by atoms with E-state index in [1.54, 1.807) is 13.8 Å². The average Bonchev–Trinajstić information content (AvgIpc) is 2.99. The smallest absolute Gasteiger partial charge is 0.308 e. The first kappa shape index (κ1) is 17.2. The molecule has 1 aliphatic carbocycles. The molecule has 1 aromatic rings. The topological polar surface area (TPSA) is 83.5 Å². The third kappa shape index (κ3) is 4.41. The third-order valence-electron chi connectivity index (χ3n) is 4.53. The monoisotopic (exact) mass is 317 g/mol. The van der Waals surface area contributed by atoms with Gasteiger partial charge in [0.25, 0.3) is 0 Å². The van der Waals surface area contributed by atoms with Crippen LogP contribution in [0.4, 0.5) is 0 Å². The number of Topliss-reactive ketones (excluding diaryl/α,β-unsaturated/α-hetero) is 1. The fourth-order valence-electron chi connectivity index (χ4n) is 2.78. The summed E-state index contributed by atoms with van der Waals surface area (Å²) in [4.78, 5) is 34.9. The minimum absolute atomic E-state index is 0.0474. The Morgan fingerprint density at radius 3 is 2.52 bits per heavy atom. The Labute approximate surface area is 136 Å². The number of aliphatic carboxylic acids is 1. The molecule has 0 saturated carbocycles. The zero-order valence-corrected chi connectivity index (χ0v) is 13.6. The van der Waals surface area contributed by atoms with Crippen LogP contribution in [0, 0.1) is 5.92 Å². The number of amides is 1. The number of hydrogen-bond acceptors (Lipinski definition) is 3. The van der Waals surface area contributed by atoms with Gasteiger partial charge in [-0.2, -0.15) is 0 Å². The number of benzene rings is 1. The summed E-state index contributed by atoms with van der Waals surface area (Å²) in [5.74, 6) is -1.95. The number of fused-ring (bicyclic) bond motifs is 1. The maximum absolute atomic E-state index is 12.2. The van der Waals surface area contributed by atoms with Crippen LogP contribution in [-0.4, -0.2) is 28.8 Å². The second-order valence-electron chi connectivity index (χ2n) is 6.24. The van der Waals surface area contributed by atoms with E-state index in [1.165, 1.54) is 11.1 Å². The molecule has 2 rings (SSSR count). The number of hydrogen-bond donors (Lipinski definition) is 2. The lowest BCUT2D eigenvalue weighted by Gasteiger charge is -2.17. The average molecular weight is 317 g/mol. The van der Waals surface area contributed by atoms with E-state index in [2.05, 4.69) is 5.32 Å². The van der Waals surface area contributed by atoms with Crippen LogP contribution in [0.5, 0.6) is 0 Å². The Bertz CT molecular complexity index is 623. The quantitative estimate of drug-likeness (QED) is 0.756. The van der Waals surface area contributed by atoms with Crippen molar-refractivity contribution in [2.24, 2.45) is 5.92 Å². The molecule has 23 heavy (non-hydrogen) atoms. The molecule has 0 fully saturated rings. The molecule has 1 aromatic carbocycles. The molecule has 1 aliphatic rings. The largest absolute Gasteiger partial charge is 0.481 e. The fraction of sp³-hybridized carbons (Fsp3) is 0.500. The summed E-state index contributed by atoms with van der Waals surface area (Å²) in [6.07, 6.45) is 3.44. The number of rotatable bonds is 7. The van der Waals surface area contributed by atoms with Crippen LogP contribution in [0.3, 0.4) is 0 Å². The van der Waals surface area contributed by atoms with Gasteiger partial charge >= 0.3 is 5.97 Å². The molecule has 2 atom stereocenters. The Kier molecular flexibility index (Phi) is 5.53. The number of carboxylic acid groups (broad SMARTS) is 1. The standard InChI is InChI=1S/C18H23NO4/c1-11(18(22)23)12(2)19-17(21)9-8-16(20)15-7-6-13-4-3-5-14(13)10-15/h6-7,10-12H,3-5,8-9H2,1-2H3,(H,19,21)(H,22,23). The van der Waals surface area contributed by atoms with Gasteiger partial charge in [-0.3, -0.25) is 14.4 Å². The van der Waals surface area contributed by atoms with Crippen molar-refractivity contribution < 1.29 is 19.5 Å². The first-order chi connectivity index (χ1) is 10.9. The molecule has 124 valence electrons. The molecule has 0 aliphatic heterocycles. The molecule has 1 amide bonds. The van der Waals surface area contributed by atoms with Crippen LogP contribution in [0.1, 0.15) is 54.6 Å². The van der Waals surface area contributed by atoms with Crippen molar-refractivity contribution in [3.8, 4) is 0 Å². The van der Waals surface area contributed by atoms with E-state index in [9.17, 15) is 14.4 Å². The summed E-state index contributed by atoms with van der Waals surface area (Å²) in [6.45, 7) is 3.20. The van der Waals surface area contributed by atoms with E-state index in [1.807, 2.05) is 18.2 Å². The van der Waals surface area contributed by atoms with Gasteiger partial charge in [0.15, 0.2) is 5.78 Å². The number of carboxylic acids is 1. The summed E-state index contributed by atoms with van der Waals surface area (Å²) < 4.78 is 0. The van der Waals surface area contributed by atoms with Crippen molar-refractivity contribution in [2.45, 2.75) is 52.0 Å². The molecule has 5 nitrogen and oxygen atoms in total. The first-order valence-corrected chi connectivity index (χ1v) is 8.05. The first-order valence-electron chi connectivity index (χ1n) is 8.05. The van der Waals surface area contributed by atoms with Gasteiger partial charge in [0.1, 0.15) is 0 Å². The fourth-order valence-corrected chi connectivity index (χ4v) is 2.78. The van der Waals surface area contributed by atoms with Gasteiger partial charge in [0.2, 0.25) is 5.91 Å². The summed E-state index contributed by atoms with van der Waals surface area (Å²) in [6, 6.07) is 5.32. The maximum Gasteiger partial charge on any atom is 0.308 e. The SMILES string of the molecule is CC(NC(=O)CCC(=O)c1ccc2c(c1)CCC2)C(C)C(=O)O. The molecule has 0 heterocycles. The number of carbonyl (C=O) groups is 3. The highest BCUT2D eigenvalue weighted by Gasteiger charge is 2.21. The van der Waals surface area contributed by atoms with Gasteiger partial charge in [-0.1, -0.05) is 12.1 Å². The van der Waals surface area contributed by atoms with Crippen LogP contribution in [-0.2, 0) is 22.4 Å². The number of nitrogens with one attached hydrogen (secondary N) is 1. The predicted molar refractivity (Wildman–Crippen MR) is 86.4 cm³/mol. The third-order valence-corrected chi connectivity index (χ3v) is 4.53. The number of ketones is 1. The van der Waals surface area contributed by atoms with E-state index >= 15 is 0 Å². The van der Waals surface area contributed by atoms with Gasteiger partial charge < -0.3 is 10.4 Å².